The number of nitrogens with one attached hydrogen (secondary N) is 1. The van der Waals surface area contributed by atoms with Gasteiger partial charge in [-0.25, -0.2) is 15.4 Å². The molecule has 5 aromatic rings. The molecule has 144 valence electrons. The summed E-state index contributed by atoms with van der Waals surface area (Å²) in [5, 5.41) is 6.40. The van der Waals surface area contributed by atoms with Gasteiger partial charge in [-0.1, -0.05) is 58.4 Å². The maximum absolute atomic E-state index is 4.73. The zero-order chi connectivity index (χ0) is 20.3. The van der Waals surface area contributed by atoms with Gasteiger partial charge in [-0.2, -0.15) is 5.10 Å². The Morgan fingerprint density at radius 3 is 2.60 bits per heavy atom. The van der Waals surface area contributed by atoms with Crippen LogP contribution < -0.4 is 5.43 Å². The summed E-state index contributed by atoms with van der Waals surface area (Å²) in [6, 6.07) is 26.0. The summed E-state index contributed by atoms with van der Waals surface area (Å²) in [6.45, 7) is 0. The SMILES string of the molecule is Brc1ccc2nc(N/N=C\c3ccc4ncccc4c3)nc(-c3ccccc3)c2c1. The molecular weight excluding hydrogens is 438 g/mol. The van der Waals surface area contributed by atoms with E-state index in [0.29, 0.717) is 5.95 Å². The van der Waals surface area contributed by atoms with E-state index in [-0.39, 0.29) is 0 Å². The van der Waals surface area contributed by atoms with Crippen LogP contribution in [0.3, 0.4) is 0 Å². The van der Waals surface area contributed by atoms with Gasteiger partial charge in [0.1, 0.15) is 0 Å². The predicted molar refractivity (Wildman–Crippen MR) is 126 cm³/mol. The summed E-state index contributed by atoms with van der Waals surface area (Å²) in [6.07, 6.45) is 3.54. The van der Waals surface area contributed by atoms with Crippen molar-refractivity contribution in [2.75, 3.05) is 5.43 Å². The molecule has 3 aromatic carbocycles. The lowest BCUT2D eigenvalue weighted by atomic mass is 10.1. The van der Waals surface area contributed by atoms with Gasteiger partial charge in [0, 0.05) is 27.0 Å². The molecule has 0 bridgehead atoms. The molecule has 6 heteroatoms. The largest absolute Gasteiger partial charge is 0.256 e. The number of hydrogen-bond donors (Lipinski definition) is 1. The van der Waals surface area contributed by atoms with Crippen molar-refractivity contribution in [3.8, 4) is 11.3 Å². The van der Waals surface area contributed by atoms with Crippen molar-refractivity contribution in [3.05, 3.63) is 95.1 Å². The second-order valence-electron chi connectivity index (χ2n) is 6.75. The summed E-state index contributed by atoms with van der Waals surface area (Å²) in [5.41, 5.74) is 7.64. The number of benzene rings is 3. The van der Waals surface area contributed by atoms with Gasteiger partial charge in [-0.05, 0) is 42.0 Å². The van der Waals surface area contributed by atoms with Crippen LogP contribution in [0.4, 0.5) is 5.95 Å². The number of halogens is 1. The minimum absolute atomic E-state index is 0.447. The third-order valence-corrected chi connectivity index (χ3v) is 5.20. The van der Waals surface area contributed by atoms with E-state index in [0.717, 1.165) is 43.1 Å². The van der Waals surface area contributed by atoms with Crippen molar-refractivity contribution in [2.24, 2.45) is 5.10 Å². The van der Waals surface area contributed by atoms with Crippen molar-refractivity contribution < 1.29 is 0 Å². The Morgan fingerprint density at radius 2 is 1.70 bits per heavy atom. The van der Waals surface area contributed by atoms with E-state index in [4.69, 9.17) is 4.98 Å². The Balaban J connectivity index is 1.49. The molecule has 5 rings (SSSR count). The van der Waals surface area contributed by atoms with E-state index < -0.39 is 0 Å². The fourth-order valence-corrected chi connectivity index (χ4v) is 3.67. The number of aromatic nitrogens is 3. The van der Waals surface area contributed by atoms with E-state index in [1.54, 1.807) is 12.4 Å². The molecule has 0 spiro atoms. The van der Waals surface area contributed by atoms with E-state index in [9.17, 15) is 0 Å². The van der Waals surface area contributed by atoms with Gasteiger partial charge in [0.25, 0.3) is 0 Å². The van der Waals surface area contributed by atoms with Crippen LogP contribution in [-0.2, 0) is 0 Å². The Labute approximate surface area is 181 Å². The molecule has 0 aliphatic heterocycles. The van der Waals surface area contributed by atoms with Crippen LogP contribution in [0.25, 0.3) is 33.1 Å². The van der Waals surface area contributed by atoms with Crippen LogP contribution in [0.2, 0.25) is 0 Å². The molecule has 0 atom stereocenters. The number of pyridine rings is 1. The molecular formula is C24H16BrN5. The summed E-state index contributed by atoms with van der Waals surface area (Å²) in [5.74, 6) is 0.447. The molecule has 0 unspecified atom stereocenters. The third kappa shape index (κ3) is 3.77. The Hall–Kier alpha value is -3.64. The van der Waals surface area contributed by atoms with Crippen LogP contribution in [0.5, 0.6) is 0 Å². The third-order valence-electron chi connectivity index (χ3n) is 4.71. The molecule has 0 radical (unpaired) electrons. The standard InChI is InChI=1S/C24H16BrN5/c25-19-9-11-22-20(14-19)23(17-5-2-1-3-6-17)29-24(28-22)30-27-15-16-8-10-21-18(13-16)7-4-12-26-21/h1-15H,(H,28,29,30)/b27-15-. The van der Waals surface area contributed by atoms with Crippen LogP contribution in [-0.4, -0.2) is 21.2 Å². The van der Waals surface area contributed by atoms with E-state index in [2.05, 4.69) is 36.4 Å². The number of fused-ring (bicyclic) bond motifs is 2. The van der Waals surface area contributed by atoms with Gasteiger partial charge in [-0.15, -0.1) is 0 Å². The molecule has 5 nitrogen and oxygen atoms in total. The van der Waals surface area contributed by atoms with Crippen molar-refractivity contribution in [3.63, 3.8) is 0 Å². The summed E-state index contributed by atoms with van der Waals surface area (Å²) < 4.78 is 0.986. The highest BCUT2D eigenvalue weighted by molar-refractivity contribution is 9.10. The lowest BCUT2D eigenvalue weighted by Gasteiger charge is -2.09. The maximum atomic E-state index is 4.73. The number of hydrazone groups is 1. The van der Waals surface area contributed by atoms with Crippen LogP contribution in [0.15, 0.2) is 94.6 Å². The van der Waals surface area contributed by atoms with E-state index in [1.807, 2.05) is 78.9 Å². The minimum atomic E-state index is 0.447. The van der Waals surface area contributed by atoms with Gasteiger partial charge in [-0.3, -0.25) is 4.98 Å². The smallest absolute Gasteiger partial charge is 0.244 e. The summed E-state index contributed by atoms with van der Waals surface area (Å²) >= 11 is 3.54. The second-order valence-corrected chi connectivity index (χ2v) is 7.66. The van der Waals surface area contributed by atoms with Crippen molar-refractivity contribution in [2.45, 2.75) is 0 Å². The van der Waals surface area contributed by atoms with Gasteiger partial charge in [0.15, 0.2) is 0 Å². The Morgan fingerprint density at radius 1 is 0.833 bits per heavy atom. The first kappa shape index (κ1) is 18.4. The fraction of sp³-hybridized carbons (Fsp3) is 0. The lowest BCUT2D eigenvalue weighted by molar-refractivity contribution is 1.16. The Kier molecular flexibility index (Phi) is 4.91. The van der Waals surface area contributed by atoms with Crippen LogP contribution in [0.1, 0.15) is 5.56 Å². The Bertz CT molecular complexity index is 1380. The van der Waals surface area contributed by atoms with E-state index >= 15 is 0 Å². The number of hydrogen-bond acceptors (Lipinski definition) is 5. The molecule has 2 aromatic heterocycles. The van der Waals surface area contributed by atoms with Crippen LogP contribution >= 0.6 is 15.9 Å². The maximum Gasteiger partial charge on any atom is 0.244 e. The highest BCUT2D eigenvalue weighted by Gasteiger charge is 2.10. The number of rotatable bonds is 4. The van der Waals surface area contributed by atoms with Crippen molar-refractivity contribution in [1.82, 2.24) is 15.0 Å². The first-order valence-electron chi connectivity index (χ1n) is 9.43. The highest BCUT2D eigenvalue weighted by Crippen LogP contribution is 2.29. The first-order chi connectivity index (χ1) is 14.8. The molecule has 0 amide bonds. The average Bonchev–Trinajstić information content (AvgIpc) is 2.79. The molecule has 30 heavy (non-hydrogen) atoms. The molecule has 0 aliphatic carbocycles. The van der Waals surface area contributed by atoms with E-state index in [1.165, 1.54) is 0 Å². The normalized spacial score (nSPS) is 11.4. The quantitative estimate of drug-likeness (QED) is 0.265. The lowest BCUT2D eigenvalue weighted by Crippen LogP contribution is -2.00. The summed E-state index contributed by atoms with van der Waals surface area (Å²) in [7, 11) is 0. The monoisotopic (exact) mass is 453 g/mol. The zero-order valence-electron chi connectivity index (χ0n) is 15.8. The average molecular weight is 454 g/mol. The number of anilines is 1. The minimum Gasteiger partial charge on any atom is -0.256 e. The van der Waals surface area contributed by atoms with Gasteiger partial charge >= 0.3 is 0 Å². The highest BCUT2D eigenvalue weighted by atomic mass is 79.9. The van der Waals surface area contributed by atoms with Gasteiger partial charge in [0.05, 0.1) is 22.9 Å². The van der Waals surface area contributed by atoms with Crippen LogP contribution in [0, 0.1) is 0 Å². The topological polar surface area (TPSA) is 63.1 Å². The molecule has 0 aliphatic rings. The molecule has 2 heterocycles. The number of nitrogens with zero attached hydrogens (tertiary/aromatic N) is 4. The zero-order valence-corrected chi connectivity index (χ0v) is 17.4. The summed E-state index contributed by atoms with van der Waals surface area (Å²) in [4.78, 5) is 13.7. The molecule has 0 saturated carbocycles. The molecule has 1 N–H and O–H groups in total. The predicted octanol–water partition coefficient (Wildman–Crippen LogP) is 6.05. The van der Waals surface area contributed by atoms with Crippen molar-refractivity contribution >= 4 is 49.9 Å². The fourth-order valence-electron chi connectivity index (χ4n) is 3.31. The molecule has 0 fully saturated rings. The molecule has 0 saturated heterocycles. The van der Waals surface area contributed by atoms with Gasteiger partial charge < -0.3 is 0 Å². The van der Waals surface area contributed by atoms with Crippen molar-refractivity contribution in [1.29, 1.82) is 0 Å². The first-order valence-corrected chi connectivity index (χ1v) is 10.2. The second kappa shape index (κ2) is 8.00. The van der Waals surface area contributed by atoms with Gasteiger partial charge in [0.2, 0.25) is 5.95 Å².